The Kier molecular flexibility index (Phi) is 5.56. The zero-order chi connectivity index (χ0) is 17.0. The van der Waals surface area contributed by atoms with Crippen molar-refractivity contribution >= 4 is 33.2 Å². The van der Waals surface area contributed by atoms with Gasteiger partial charge in [0.2, 0.25) is 0 Å². The highest BCUT2D eigenvalue weighted by atomic mass is 79.9. The zero-order valence-electron chi connectivity index (χ0n) is 14.1. The summed E-state index contributed by atoms with van der Waals surface area (Å²) in [6.07, 6.45) is 4.35. The third-order valence-electron chi connectivity index (χ3n) is 4.27. The molecule has 2 N–H and O–H groups in total. The van der Waals surface area contributed by atoms with Crippen LogP contribution in [0.2, 0.25) is 0 Å². The molecule has 3 rings (SSSR count). The summed E-state index contributed by atoms with van der Waals surface area (Å²) in [7, 11) is 0. The van der Waals surface area contributed by atoms with Crippen molar-refractivity contribution in [2.45, 2.75) is 38.6 Å². The van der Waals surface area contributed by atoms with E-state index in [1.807, 2.05) is 6.20 Å². The summed E-state index contributed by atoms with van der Waals surface area (Å²) in [5, 5.41) is 7.90. The molecule has 4 nitrogen and oxygen atoms in total. The Balaban J connectivity index is 1.63. The van der Waals surface area contributed by atoms with Crippen molar-refractivity contribution in [3.8, 4) is 0 Å². The van der Waals surface area contributed by atoms with Crippen LogP contribution in [0, 0.1) is 6.92 Å². The predicted octanol–water partition coefficient (Wildman–Crippen LogP) is 4.00. The van der Waals surface area contributed by atoms with E-state index in [-0.39, 0.29) is 5.41 Å². The van der Waals surface area contributed by atoms with Gasteiger partial charge in [-0.15, -0.1) is 11.3 Å². The molecule has 6 heteroatoms. The molecule has 1 heterocycles. The maximum Gasteiger partial charge on any atom is 0.191 e. The SMILES string of the molecule is CCNC(=NCc1ncc(C)s1)NCC1(c2cccc(Br)c2)CC1. The monoisotopic (exact) mass is 406 g/mol. The van der Waals surface area contributed by atoms with Crippen LogP contribution in [0.4, 0.5) is 0 Å². The van der Waals surface area contributed by atoms with E-state index < -0.39 is 0 Å². The van der Waals surface area contributed by atoms with Crippen molar-refractivity contribution < 1.29 is 0 Å². The van der Waals surface area contributed by atoms with Crippen LogP contribution in [0.1, 0.15) is 35.2 Å². The van der Waals surface area contributed by atoms with Crippen LogP contribution >= 0.6 is 27.3 Å². The van der Waals surface area contributed by atoms with Gasteiger partial charge in [0.25, 0.3) is 0 Å². The number of thiazole rings is 1. The average Bonchev–Trinajstić information content (AvgIpc) is 3.25. The Morgan fingerprint density at radius 1 is 1.38 bits per heavy atom. The number of halogens is 1. The Morgan fingerprint density at radius 3 is 2.83 bits per heavy atom. The lowest BCUT2D eigenvalue weighted by Gasteiger charge is -2.19. The molecular formula is C18H23BrN4S. The minimum Gasteiger partial charge on any atom is -0.357 e. The number of hydrogen-bond donors (Lipinski definition) is 2. The van der Waals surface area contributed by atoms with Gasteiger partial charge in [-0.05, 0) is 44.4 Å². The van der Waals surface area contributed by atoms with E-state index >= 15 is 0 Å². The molecule has 1 aromatic carbocycles. The standard InChI is InChI=1S/C18H23BrN4S/c1-3-20-17(22-11-16-21-10-13(2)24-16)23-12-18(7-8-18)14-5-4-6-15(19)9-14/h4-6,9-10H,3,7-8,11-12H2,1-2H3,(H2,20,22,23). The van der Waals surface area contributed by atoms with E-state index in [9.17, 15) is 0 Å². The zero-order valence-corrected chi connectivity index (χ0v) is 16.5. The molecule has 0 saturated heterocycles. The third kappa shape index (κ3) is 4.36. The molecule has 0 unspecified atom stereocenters. The second-order valence-electron chi connectivity index (χ2n) is 6.20. The Morgan fingerprint density at radius 2 is 2.21 bits per heavy atom. The first-order valence-electron chi connectivity index (χ1n) is 8.31. The normalized spacial score (nSPS) is 16.0. The number of aliphatic imine (C=N–C) groups is 1. The molecule has 0 bridgehead atoms. The van der Waals surface area contributed by atoms with Gasteiger partial charge < -0.3 is 10.6 Å². The fraction of sp³-hybridized carbons (Fsp3) is 0.444. The molecular weight excluding hydrogens is 384 g/mol. The van der Waals surface area contributed by atoms with E-state index in [0.717, 1.165) is 28.5 Å². The molecule has 1 aromatic heterocycles. The summed E-state index contributed by atoms with van der Waals surface area (Å²) >= 11 is 5.28. The van der Waals surface area contributed by atoms with Crippen molar-refractivity contribution in [1.82, 2.24) is 15.6 Å². The van der Waals surface area contributed by atoms with Crippen LogP contribution in [0.15, 0.2) is 39.9 Å². The van der Waals surface area contributed by atoms with E-state index in [1.54, 1.807) is 11.3 Å². The summed E-state index contributed by atoms with van der Waals surface area (Å²) in [6.45, 7) is 6.55. The molecule has 0 radical (unpaired) electrons. The van der Waals surface area contributed by atoms with E-state index in [4.69, 9.17) is 0 Å². The Bertz CT molecular complexity index is 721. The first-order valence-corrected chi connectivity index (χ1v) is 9.92. The lowest BCUT2D eigenvalue weighted by Crippen LogP contribution is -2.41. The fourth-order valence-corrected chi connectivity index (χ4v) is 3.86. The van der Waals surface area contributed by atoms with E-state index in [1.165, 1.54) is 23.3 Å². The van der Waals surface area contributed by atoms with Crippen LogP contribution in [0.3, 0.4) is 0 Å². The Hall–Kier alpha value is -1.40. The maximum atomic E-state index is 4.67. The molecule has 1 aliphatic carbocycles. The van der Waals surface area contributed by atoms with E-state index in [0.29, 0.717) is 6.54 Å². The van der Waals surface area contributed by atoms with Crippen molar-refractivity contribution in [3.05, 3.63) is 50.4 Å². The summed E-state index contributed by atoms with van der Waals surface area (Å²) < 4.78 is 1.14. The Labute approximate surface area is 155 Å². The van der Waals surface area contributed by atoms with Gasteiger partial charge in [-0.2, -0.15) is 0 Å². The van der Waals surface area contributed by atoms with Crippen molar-refractivity contribution in [1.29, 1.82) is 0 Å². The number of nitrogens with one attached hydrogen (secondary N) is 2. The lowest BCUT2D eigenvalue weighted by molar-refractivity contribution is 0.645. The molecule has 24 heavy (non-hydrogen) atoms. The second kappa shape index (κ2) is 7.66. The van der Waals surface area contributed by atoms with Crippen molar-refractivity contribution in [3.63, 3.8) is 0 Å². The number of hydrogen-bond acceptors (Lipinski definition) is 3. The first kappa shape index (κ1) is 17.4. The van der Waals surface area contributed by atoms with Gasteiger partial charge in [-0.1, -0.05) is 28.1 Å². The van der Waals surface area contributed by atoms with Gasteiger partial charge in [0, 0.05) is 34.1 Å². The molecule has 0 spiro atoms. The highest BCUT2D eigenvalue weighted by molar-refractivity contribution is 9.10. The molecule has 2 aromatic rings. The summed E-state index contributed by atoms with van der Waals surface area (Å²) in [6, 6.07) is 8.65. The van der Waals surface area contributed by atoms with Crippen LogP contribution in [-0.2, 0) is 12.0 Å². The average molecular weight is 407 g/mol. The van der Waals surface area contributed by atoms with Gasteiger partial charge >= 0.3 is 0 Å². The third-order valence-corrected chi connectivity index (χ3v) is 5.66. The number of aryl methyl sites for hydroxylation is 1. The molecule has 0 amide bonds. The van der Waals surface area contributed by atoms with Gasteiger partial charge in [-0.3, -0.25) is 0 Å². The second-order valence-corrected chi connectivity index (χ2v) is 8.44. The minimum absolute atomic E-state index is 0.248. The van der Waals surface area contributed by atoms with Gasteiger partial charge in [0.15, 0.2) is 5.96 Å². The summed E-state index contributed by atoms with van der Waals surface area (Å²) in [5.74, 6) is 0.867. The highest BCUT2D eigenvalue weighted by Gasteiger charge is 2.44. The molecule has 128 valence electrons. The largest absolute Gasteiger partial charge is 0.357 e. The number of rotatable bonds is 6. The van der Waals surface area contributed by atoms with Crippen LogP contribution in [0.25, 0.3) is 0 Å². The minimum atomic E-state index is 0.248. The molecule has 1 saturated carbocycles. The molecule has 0 atom stereocenters. The molecule has 1 fully saturated rings. The number of guanidine groups is 1. The topological polar surface area (TPSA) is 49.3 Å². The summed E-state index contributed by atoms with van der Waals surface area (Å²) in [4.78, 5) is 10.3. The smallest absolute Gasteiger partial charge is 0.191 e. The number of nitrogens with zero attached hydrogens (tertiary/aromatic N) is 2. The quantitative estimate of drug-likeness (QED) is 0.562. The van der Waals surface area contributed by atoms with Crippen LogP contribution < -0.4 is 10.6 Å². The van der Waals surface area contributed by atoms with Gasteiger partial charge in [0.1, 0.15) is 5.01 Å². The molecule has 1 aliphatic rings. The highest BCUT2D eigenvalue weighted by Crippen LogP contribution is 2.48. The lowest BCUT2D eigenvalue weighted by atomic mass is 9.96. The summed E-state index contributed by atoms with van der Waals surface area (Å²) in [5.41, 5.74) is 1.65. The number of aromatic nitrogens is 1. The van der Waals surface area contributed by atoms with Gasteiger partial charge in [0.05, 0.1) is 6.54 Å². The maximum absolute atomic E-state index is 4.67. The van der Waals surface area contributed by atoms with Crippen LogP contribution in [0.5, 0.6) is 0 Å². The number of benzene rings is 1. The van der Waals surface area contributed by atoms with Crippen molar-refractivity contribution in [2.24, 2.45) is 4.99 Å². The van der Waals surface area contributed by atoms with Crippen molar-refractivity contribution in [2.75, 3.05) is 13.1 Å². The fourth-order valence-electron chi connectivity index (χ4n) is 2.75. The van der Waals surface area contributed by atoms with E-state index in [2.05, 4.69) is 74.7 Å². The predicted molar refractivity (Wildman–Crippen MR) is 105 cm³/mol. The van der Waals surface area contributed by atoms with Gasteiger partial charge in [-0.25, -0.2) is 9.98 Å². The van der Waals surface area contributed by atoms with Crippen LogP contribution in [-0.4, -0.2) is 24.0 Å². The first-order chi connectivity index (χ1) is 11.6. The molecule has 0 aliphatic heterocycles.